The van der Waals surface area contributed by atoms with Crippen molar-refractivity contribution in [3.63, 3.8) is 0 Å². The third-order valence-electron chi connectivity index (χ3n) is 2.87. The number of aromatic nitrogens is 3. The van der Waals surface area contributed by atoms with Crippen LogP contribution in [0.4, 0.5) is 5.95 Å². The Hall–Kier alpha value is -2.11. The van der Waals surface area contributed by atoms with Crippen molar-refractivity contribution >= 4 is 23.0 Å². The van der Waals surface area contributed by atoms with Crippen LogP contribution in [0.5, 0.6) is 0 Å². The molecule has 18 heavy (non-hydrogen) atoms. The summed E-state index contributed by atoms with van der Waals surface area (Å²) in [7, 11) is 0. The predicted octanol–water partition coefficient (Wildman–Crippen LogP) is 0.932. The van der Waals surface area contributed by atoms with Gasteiger partial charge >= 0.3 is 0 Å². The molecular weight excluding hydrogens is 230 g/mol. The summed E-state index contributed by atoms with van der Waals surface area (Å²) in [6, 6.07) is 1.91. The van der Waals surface area contributed by atoms with E-state index in [1.54, 1.807) is 10.8 Å². The van der Waals surface area contributed by atoms with E-state index in [1.165, 1.54) is 0 Å². The van der Waals surface area contributed by atoms with Gasteiger partial charge in [-0.1, -0.05) is 0 Å². The molecule has 0 atom stereocenters. The molecule has 0 saturated carbocycles. The molecule has 0 aromatic carbocycles. The van der Waals surface area contributed by atoms with Gasteiger partial charge in [0.1, 0.15) is 5.52 Å². The van der Waals surface area contributed by atoms with E-state index in [-0.39, 0.29) is 12.3 Å². The second-order valence-electron chi connectivity index (χ2n) is 5.12. The van der Waals surface area contributed by atoms with Crippen LogP contribution in [0.2, 0.25) is 0 Å². The maximum absolute atomic E-state index is 11.1. The van der Waals surface area contributed by atoms with E-state index < -0.39 is 5.54 Å². The van der Waals surface area contributed by atoms with Crippen LogP contribution in [0, 0.1) is 6.92 Å². The minimum Gasteiger partial charge on any atom is -0.370 e. The van der Waals surface area contributed by atoms with Gasteiger partial charge in [0.25, 0.3) is 0 Å². The fraction of sp³-hybridized carbons (Fsp3) is 0.417. The molecule has 0 fully saturated rings. The molecule has 0 aliphatic heterocycles. The number of rotatable bonds is 3. The van der Waals surface area contributed by atoms with Gasteiger partial charge in [0.2, 0.25) is 11.9 Å². The number of nitrogen functional groups attached to an aromatic ring is 1. The lowest BCUT2D eigenvalue weighted by Crippen LogP contribution is -2.33. The zero-order valence-corrected chi connectivity index (χ0v) is 10.8. The number of primary amides is 1. The molecule has 0 bridgehead atoms. The molecule has 6 nitrogen and oxygen atoms in total. The maximum Gasteiger partial charge on any atom is 0.219 e. The van der Waals surface area contributed by atoms with Gasteiger partial charge in [-0.15, -0.1) is 0 Å². The van der Waals surface area contributed by atoms with Crippen molar-refractivity contribution in [1.82, 2.24) is 14.5 Å². The molecule has 2 heterocycles. The minimum atomic E-state index is -0.549. The van der Waals surface area contributed by atoms with Crippen molar-refractivity contribution in [2.75, 3.05) is 5.73 Å². The van der Waals surface area contributed by atoms with Crippen LogP contribution in [0.25, 0.3) is 11.2 Å². The highest BCUT2D eigenvalue weighted by atomic mass is 16.1. The average molecular weight is 247 g/mol. The first kappa shape index (κ1) is 12.3. The molecule has 4 N–H and O–H groups in total. The molecule has 96 valence electrons. The van der Waals surface area contributed by atoms with Gasteiger partial charge in [0, 0.05) is 12.6 Å². The number of pyridine rings is 1. The van der Waals surface area contributed by atoms with Crippen molar-refractivity contribution in [1.29, 1.82) is 0 Å². The Balaban J connectivity index is 2.63. The average Bonchev–Trinajstić information content (AvgIpc) is 2.51. The van der Waals surface area contributed by atoms with Gasteiger partial charge in [-0.2, -0.15) is 0 Å². The monoisotopic (exact) mass is 247 g/mol. The Morgan fingerprint density at radius 1 is 1.50 bits per heavy atom. The number of nitrogens with two attached hydrogens (primary N) is 2. The first-order valence-corrected chi connectivity index (χ1v) is 5.70. The number of aryl methyl sites for hydroxylation is 1. The van der Waals surface area contributed by atoms with Crippen LogP contribution in [-0.4, -0.2) is 20.4 Å². The lowest BCUT2D eigenvalue weighted by molar-refractivity contribution is -0.119. The number of carbonyl (C=O) groups is 1. The summed E-state index contributed by atoms with van der Waals surface area (Å²) in [5, 5.41) is 0. The van der Waals surface area contributed by atoms with Gasteiger partial charge in [-0.3, -0.25) is 9.36 Å². The Labute approximate surface area is 105 Å². The fourth-order valence-corrected chi connectivity index (χ4v) is 2.19. The molecule has 2 aromatic rings. The fourth-order valence-electron chi connectivity index (χ4n) is 2.19. The number of nitrogens with zero attached hydrogens (tertiary/aromatic N) is 3. The molecule has 0 aliphatic rings. The van der Waals surface area contributed by atoms with Crippen molar-refractivity contribution < 1.29 is 4.79 Å². The quantitative estimate of drug-likeness (QED) is 0.842. The smallest absolute Gasteiger partial charge is 0.219 e. The summed E-state index contributed by atoms with van der Waals surface area (Å²) in [5.74, 6) is -0.0392. The van der Waals surface area contributed by atoms with Crippen molar-refractivity contribution in [3.8, 4) is 0 Å². The number of amides is 1. The molecule has 1 amide bonds. The molecule has 2 rings (SSSR count). The summed E-state index contributed by atoms with van der Waals surface area (Å²) >= 11 is 0. The molecule has 2 aromatic heterocycles. The number of carbonyl (C=O) groups excluding carboxylic acids is 1. The molecule has 0 radical (unpaired) electrons. The first-order valence-electron chi connectivity index (χ1n) is 5.70. The van der Waals surface area contributed by atoms with E-state index in [0.717, 1.165) is 11.1 Å². The van der Waals surface area contributed by atoms with Crippen LogP contribution in [-0.2, 0) is 10.3 Å². The van der Waals surface area contributed by atoms with Crippen LogP contribution in [0.3, 0.4) is 0 Å². The summed E-state index contributed by atoms with van der Waals surface area (Å²) in [6.45, 7) is 5.71. The number of hydrogen-bond acceptors (Lipinski definition) is 4. The van der Waals surface area contributed by atoms with Gasteiger partial charge in [0.05, 0.1) is 5.54 Å². The van der Waals surface area contributed by atoms with E-state index >= 15 is 0 Å². The van der Waals surface area contributed by atoms with Crippen LogP contribution in [0.1, 0.15) is 25.8 Å². The number of imidazole rings is 1. The SMILES string of the molecule is Cc1cnc2c(c1)nc(N)n2C(C)(C)CC(N)=O. The van der Waals surface area contributed by atoms with Crippen molar-refractivity contribution in [2.45, 2.75) is 32.7 Å². The topological polar surface area (TPSA) is 99.8 Å². The maximum atomic E-state index is 11.1. The second-order valence-corrected chi connectivity index (χ2v) is 5.12. The molecule has 0 unspecified atom stereocenters. The van der Waals surface area contributed by atoms with Gasteiger partial charge < -0.3 is 11.5 Å². The highest BCUT2D eigenvalue weighted by Gasteiger charge is 2.27. The third kappa shape index (κ3) is 2.01. The molecule has 0 aliphatic carbocycles. The van der Waals surface area contributed by atoms with E-state index in [4.69, 9.17) is 11.5 Å². The lowest BCUT2D eigenvalue weighted by atomic mass is 10.00. The van der Waals surface area contributed by atoms with Crippen LogP contribution >= 0.6 is 0 Å². The Kier molecular flexibility index (Phi) is 2.73. The Bertz CT molecular complexity index is 614. The Morgan fingerprint density at radius 2 is 2.17 bits per heavy atom. The predicted molar refractivity (Wildman–Crippen MR) is 69.8 cm³/mol. The highest BCUT2D eigenvalue weighted by molar-refractivity contribution is 5.77. The molecule has 0 spiro atoms. The number of hydrogen-bond donors (Lipinski definition) is 2. The first-order chi connectivity index (χ1) is 8.31. The normalized spacial score (nSPS) is 11.9. The van der Waals surface area contributed by atoms with E-state index in [2.05, 4.69) is 9.97 Å². The van der Waals surface area contributed by atoms with E-state index in [9.17, 15) is 4.79 Å². The Morgan fingerprint density at radius 3 is 2.78 bits per heavy atom. The zero-order valence-electron chi connectivity index (χ0n) is 10.8. The van der Waals surface area contributed by atoms with E-state index in [1.807, 2.05) is 26.8 Å². The van der Waals surface area contributed by atoms with Crippen LogP contribution < -0.4 is 11.5 Å². The summed E-state index contributed by atoms with van der Waals surface area (Å²) in [6.07, 6.45) is 1.93. The molecular formula is C12H17N5O. The van der Waals surface area contributed by atoms with Gasteiger partial charge in [0.15, 0.2) is 5.65 Å². The molecule has 6 heteroatoms. The summed E-state index contributed by atoms with van der Waals surface area (Å²) in [4.78, 5) is 19.8. The standard InChI is InChI=1S/C12H17N5O/c1-7-4-8-10(15-6-7)17(11(14)16-8)12(2,3)5-9(13)18/h4,6H,5H2,1-3H3,(H2,13,18)(H2,14,16). The molecule has 0 saturated heterocycles. The van der Waals surface area contributed by atoms with Crippen molar-refractivity contribution in [3.05, 3.63) is 17.8 Å². The summed E-state index contributed by atoms with van der Waals surface area (Å²) in [5.41, 5.74) is 13.1. The third-order valence-corrected chi connectivity index (χ3v) is 2.87. The van der Waals surface area contributed by atoms with Gasteiger partial charge in [-0.25, -0.2) is 9.97 Å². The van der Waals surface area contributed by atoms with Gasteiger partial charge in [-0.05, 0) is 32.4 Å². The highest BCUT2D eigenvalue weighted by Crippen LogP contribution is 2.28. The number of fused-ring (bicyclic) bond motifs is 1. The zero-order chi connectivity index (χ0) is 13.5. The lowest BCUT2D eigenvalue weighted by Gasteiger charge is -2.26. The summed E-state index contributed by atoms with van der Waals surface area (Å²) < 4.78 is 1.76. The van der Waals surface area contributed by atoms with E-state index in [0.29, 0.717) is 11.6 Å². The van der Waals surface area contributed by atoms with Crippen LogP contribution in [0.15, 0.2) is 12.3 Å². The van der Waals surface area contributed by atoms with Crippen molar-refractivity contribution in [2.24, 2.45) is 5.73 Å². The second kappa shape index (κ2) is 3.97. The minimum absolute atomic E-state index is 0.179. The largest absolute Gasteiger partial charge is 0.370 e. The number of anilines is 1.